The molecule has 0 spiro atoms. The van der Waals surface area contributed by atoms with Crippen molar-refractivity contribution in [3.05, 3.63) is 77.2 Å². The molecule has 4 nitrogen and oxygen atoms in total. The van der Waals surface area contributed by atoms with Crippen LogP contribution in [0, 0.1) is 12.7 Å². The zero-order valence-corrected chi connectivity index (χ0v) is 17.8. The van der Waals surface area contributed by atoms with E-state index in [2.05, 4.69) is 47.1 Å². The lowest BCUT2D eigenvalue weighted by molar-refractivity contribution is -0.914. The summed E-state index contributed by atoms with van der Waals surface area (Å²) in [4.78, 5) is 15.4. The van der Waals surface area contributed by atoms with Gasteiger partial charge in [-0.1, -0.05) is 42.5 Å². The zero-order valence-electron chi connectivity index (χ0n) is 16.9. The fourth-order valence-electron chi connectivity index (χ4n) is 4.33. The number of aromatic nitrogens is 2. The normalized spacial score (nSPS) is 15.1. The van der Waals surface area contributed by atoms with Crippen LogP contribution in [0.2, 0.25) is 0 Å². The van der Waals surface area contributed by atoms with E-state index in [-0.39, 0.29) is 5.82 Å². The smallest absolute Gasteiger partial charge is 0.141 e. The lowest BCUT2D eigenvalue weighted by Crippen LogP contribution is -3.13. The van der Waals surface area contributed by atoms with Gasteiger partial charge in [-0.15, -0.1) is 11.3 Å². The molecule has 0 radical (unpaired) electrons. The van der Waals surface area contributed by atoms with Crippen LogP contribution in [0.25, 0.3) is 21.3 Å². The lowest BCUT2D eigenvalue weighted by atomic mass is 10.0. The van der Waals surface area contributed by atoms with Crippen molar-refractivity contribution in [1.29, 1.82) is 0 Å². The van der Waals surface area contributed by atoms with Gasteiger partial charge in [0, 0.05) is 16.0 Å². The molecule has 1 aliphatic heterocycles. The molecule has 0 atom stereocenters. The van der Waals surface area contributed by atoms with Gasteiger partial charge in [0.1, 0.15) is 29.3 Å². The Labute approximate surface area is 179 Å². The van der Waals surface area contributed by atoms with E-state index >= 15 is 0 Å². The average Bonchev–Trinajstić information content (AvgIpc) is 3.11. The maximum absolute atomic E-state index is 13.5. The molecule has 1 aliphatic rings. The van der Waals surface area contributed by atoms with E-state index in [4.69, 9.17) is 4.98 Å². The fourth-order valence-corrected chi connectivity index (χ4v) is 5.34. The van der Waals surface area contributed by atoms with Crippen molar-refractivity contribution in [3.8, 4) is 11.1 Å². The van der Waals surface area contributed by atoms with Crippen molar-refractivity contribution >= 4 is 27.4 Å². The standard InChI is InChI=1S/C24H23FN4S/c1-17-21(19-7-9-20(25)10-8-19)22-23(26-16-27-24(22)30-17)29-13-11-28(12-14-29)15-18-5-3-2-4-6-18/h2-10,16H,11-15H2,1H3/p+1. The van der Waals surface area contributed by atoms with E-state index in [1.54, 1.807) is 22.6 Å². The maximum atomic E-state index is 13.5. The SMILES string of the molecule is Cc1sc2ncnc(N3CC[NH+](Cc4ccccc4)CC3)c2c1-c1ccc(F)cc1. The van der Waals surface area contributed by atoms with Crippen LogP contribution in [0.3, 0.4) is 0 Å². The van der Waals surface area contributed by atoms with Crippen molar-refractivity contribution in [2.45, 2.75) is 13.5 Å². The number of halogens is 1. The second kappa shape index (κ2) is 8.13. The third kappa shape index (κ3) is 3.68. The molecule has 0 saturated carbocycles. The first-order valence-corrected chi connectivity index (χ1v) is 11.1. The van der Waals surface area contributed by atoms with Gasteiger partial charge in [-0.2, -0.15) is 0 Å². The lowest BCUT2D eigenvalue weighted by Gasteiger charge is -2.33. The third-order valence-corrected chi connectivity index (χ3v) is 6.86. The molecule has 2 aromatic heterocycles. The Kier molecular flexibility index (Phi) is 5.19. The van der Waals surface area contributed by atoms with Crippen LogP contribution < -0.4 is 9.80 Å². The minimum absolute atomic E-state index is 0.218. The number of benzene rings is 2. The second-order valence-electron chi connectivity index (χ2n) is 7.82. The summed E-state index contributed by atoms with van der Waals surface area (Å²) < 4.78 is 13.5. The summed E-state index contributed by atoms with van der Waals surface area (Å²) in [5, 5.41) is 1.10. The van der Waals surface area contributed by atoms with E-state index in [9.17, 15) is 4.39 Å². The Balaban J connectivity index is 1.43. The number of aryl methyl sites for hydroxylation is 1. The Bertz CT molecular complexity index is 1150. The highest BCUT2D eigenvalue weighted by molar-refractivity contribution is 7.19. The van der Waals surface area contributed by atoms with Crippen molar-refractivity contribution in [2.75, 3.05) is 31.1 Å². The van der Waals surface area contributed by atoms with Crippen LogP contribution in [0.15, 0.2) is 60.9 Å². The summed E-state index contributed by atoms with van der Waals surface area (Å²) >= 11 is 1.68. The molecule has 2 aromatic carbocycles. The van der Waals surface area contributed by atoms with Crippen LogP contribution in [0.1, 0.15) is 10.4 Å². The highest BCUT2D eigenvalue weighted by Crippen LogP contribution is 2.41. The number of hydrogen-bond donors (Lipinski definition) is 1. The van der Waals surface area contributed by atoms with Gasteiger partial charge in [0.05, 0.1) is 31.6 Å². The molecule has 3 heterocycles. The molecule has 0 amide bonds. The summed E-state index contributed by atoms with van der Waals surface area (Å²) in [5.74, 6) is 0.785. The summed E-state index contributed by atoms with van der Waals surface area (Å²) in [6.45, 7) is 7.26. The Hall–Kier alpha value is -2.83. The maximum Gasteiger partial charge on any atom is 0.141 e. The molecule has 0 aliphatic carbocycles. The van der Waals surface area contributed by atoms with Crippen molar-refractivity contribution in [2.24, 2.45) is 0 Å². The Morgan fingerprint density at radius 1 is 1.00 bits per heavy atom. The van der Waals surface area contributed by atoms with Gasteiger partial charge < -0.3 is 9.80 Å². The number of nitrogens with zero attached hydrogens (tertiary/aromatic N) is 3. The summed E-state index contributed by atoms with van der Waals surface area (Å²) in [6.07, 6.45) is 1.67. The first-order valence-electron chi connectivity index (χ1n) is 10.3. The topological polar surface area (TPSA) is 33.5 Å². The molecule has 4 aromatic rings. The highest BCUT2D eigenvalue weighted by atomic mass is 32.1. The molecule has 1 fully saturated rings. The number of rotatable bonds is 4. The Morgan fingerprint density at radius 2 is 1.73 bits per heavy atom. The third-order valence-electron chi connectivity index (χ3n) is 5.84. The van der Waals surface area contributed by atoms with E-state index in [1.807, 2.05) is 12.1 Å². The van der Waals surface area contributed by atoms with Crippen molar-refractivity contribution < 1.29 is 9.29 Å². The van der Waals surface area contributed by atoms with Gasteiger partial charge in [-0.25, -0.2) is 14.4 Å². The highest BCUT2D eigenvalue weighted by Gasteiger charge is 2.25. The van der Waals surface area contributed by atoms with Gasteiger partial charge in [-0.05, 0) is 24.6 Å². The monoisotopic (exact) mass is 419 g/mol. The van der Waals surface area contributed by atoms with Crippen molar-refractivity contribution in [1.82, 2.24) is 9.97 Å². The van der Waals surface area contributed by atoms with Crippen molar-refractivity contribution in [3.63, 3.8) is 0 Å². The number of nitrogens with one attached hydrogen (secondary N) is 1. The van der Waals surface area contributed by atoms with Crippen LogP contribution >= 0.6 is 11.3 Å². The Morgan fingerprint density at radius 3 is 2.47 bits per heavy atom. The molecular formula is C24H24FN4S+. The first-order chi connectivity index (χ1) is 14.7. The van der Waals surface area contributed by atoms with Gasteiger partial charge in [0.15, 0.2) is 0 Å². The largest absolute Gasteiger partial charge is 0.345 e. The predicted molar refractivity (Wildman–Crippen MR) is 121 cm³/mol. The quantitative estimate of drug-likeness (QED) is 0.548. The van der Waals surface area contributed by atoms with Crippen LogP contribution in [0.5, 0.6) is 0 Å². The summed E-state index contributed by atoms with van der Waals surface area (Å²) in [6, 6.07) is 17.4. The predicted octanol–water partition coefficient (Wildman–Crippen LogP) is 3.71. The molecule has 5 rings (SSSR count). The molecule has 0 bridgehead atoms. The number of hydrogen-bond acceptors (Lipinski definition) is 4. The first kappa shape index (κ1) is 19.2. The van der Waals surface area contributed by atoms with Crippen LogP contribution in [0.4, 0.5) is 10.2 Å². The minimum atomic E-state index is -0.218. The van der Waals surface area contributed by atoms with Gasteiger partial charge in [0.2, 0.25) is 0 Å². The molecule has 30 heavy (non-hydrogen) atoms. The van der Waals surface area contributed by atoms with E-state index < -0.39 is 0 Å². The molecule has 1 saturated heterocycles. The number of thiophene rings is 1. The van der Waals surface area contributed by atoms with Gasteiger partial charge in [0.25, 0.3) is 0 Å². The number of anilines is 1. The van der Waals surface area contributed by atoms with E-state index in [0.717, 1.165) is 59.9 Å². The summed E-state index contributed by atoms with van der Waals surface area (Å²) in [7, 11) is 0. The fraction of sp³-hybridized carbons (Fsp3) is 0.250. The van der Waals surface area contributed by atoms with Gasteiger partial charge >= 0.3 is 0 Å². The zero-order chi connectivity index (χ0) is 20.5. The minimum Gasteiger partial charge on any atom is -0.345 e. The molecule has 1 N–H and O–H groups in total. The molecule has 6 heteroatoms. The number of quaternary nitrogens is 1. The number of piperazine rings is 1. The molecular weight excluding hydrogens is 395 g/mol. The average molecular weight is 420 g/mol. The van der Waals surface area contributed by atoms with Gasteiger partial charge in [-0.3, -0.25) is 0 Å². The number of fused-ring (bicyclic) bond motifs is 1. The van der Waals surface area contributed by atoms with Crippen LogP contribution in [-0.2, 0) is 6.54 Å². The molecule has 0 unspecified atom stereocenters. The second-order valence-corrected chi connectivity index (χ2v) is 9.02. The van der Waals surface area contributed by atoms with E-state index in [0.29, 0.717) is 0 Å². The molecule has 152 valence electrons. The van der Waals surface area contributed by atoms with Crippen LogP contribution in [-0.4, -0.2) is 36.1 Å². The van der Waals surface area contributed by atoms with E-state index in [1.165, 1.54) is 22.6 Å². The summed E-state index contributed by atoms with van der Waals surface area (Å²) in [5.41, 5.74) is 3.53.